The van der Waals surface area contributed by atoms with Crippen LogP contribution in [0.25, 0.3) is 0 Å². The lowest BCUT2D eigenvalue weighted by atomic mass is 10.1. The molecule has 0 unspecified atom stereocenters. The van der Waals surface area contributed by atoms with E-state index in [1.54, 1.807) is 6.92 Å². The fourth-order valence-electron chi connectivity index (χ4n) is 2.37. The second kappa shape index (κ2) is 6.04. The maximum atomic E-state index is 9.62. The van der Waals surface area contributed by atoms with Crippen LogP contribution in [0.3, 0.4) is 0 Å². The van der Waals surface area contributed by atoms with Gasteiger partial charge in [0.25, 0.3) is 0 Å². The zero-order chi connectivity index (χ0) is 13.1. The first kappa shape index (κ1) is 13.8. The Morgan fingerprint density at radius 2 is 1.94 bits per heavy atom. The molecule has 0 bridgehead atoms. The molecule has 4 heteroatoms. The third kappa shape index (κ3) is 3.05. The quantitative estimate of drug-likeness (QED) is 0.929. The SMILES string of the molecule is CCN1CCN(c2ccc([C@@H](C)O)c(Br)c2)CC1. The van der Waals surface area contributed by atoms with Gasteiger partial charge in [-0.1, -0.05) is 28.9 Å². The first-order chi connectivity index (χ1) is 8.61. The second-order valence-electron chi connectivity index (χ2n) is 4.80. The normalized spacial score (nSPS) is 19.0. The summed E-state index contributed by atoms with van der Waals surface area (Å²) in [5.41, 5.74) is 2.19. The number of rotatable bonds is 3. The molecule has 0 spiro atoms. The highest BCUT2D eigenvalue weighted by molar-refractivity contribution is 9.10. The van der Waals surface area contributed by atoms with Crippen LogP contribution in [-0.2, 0) is 0 Å². The number of anilines is 1. The molecule has 0 aliphatic carbocycles. The number of nitrogens with zero attached hydrogens (tertiary/aromatic N) is 2. The van der Waals surface area contributed by atoms with Gasteiger partial charge in [0.15, 0.2) is 0 Å². The van der Waals surface area contributed by atoms with Gasteiger partial charge in [-0.25, -0.2) is 0 Å². The second-order valence-corrected chi connectivity index (χ2v) is 5.66. The zero-order valence-corrected chi connectivity index (χ0v) is 12.7. The van der Waals surface area contributed by atoms with Gasteiger partial charge in [0.1, 0.15) is 0 Å². The Labute approximate surface area is 118 Å². The molecular formula is C14H21BrN2O. The van der Waals surface area contributed by atoms with Crippen LogP contribution < -0.4 is 4.90 Å². The van der Waals surface area contributed by atoms with Gasteiger partial charge in [0.05, 0.1) is 6.10 Å². The Morgan fingerprint density at radius 1 is 1.28 bits per heavy atom. The highest BCUT2D eigenvalue weighted by atomic mass is 79.9. The predicted octanol–water partition coefficient (Wildman–Crippen LogP) is 2.64. The minimum atomic E-state index is -0.426. The van der Waals surface area contributed by atoms with Gasteiger partial charge >= 0.3 is 0 Å². The van der Waals surface area contributed by atoms with Gasteiger partial charge in [0, 0.05) is 36.3 Å². The standard InChI is InChI=1S/C14H21BrN2O/c1-3-16-6-8-17(9-7-16)12-4-5-13(11(2)18)14(15)10-12/h4-5,10-11,18H,3,6-9H2,1-2H3/t11-/m1/s1. The van der Waals surface area contributed by atoms with Crippen LogP contribution in [0, 0.1) is 0 Å². The van der Waals surface area contributed by atoms with Gasteiger partial charge in [-0.3, -0.25) is 0 Å². The topological polar surface area (TPSA) is 26.7 Å². The lowest BCUT2D eigenvalue weighted by Crippen LogP contribution is -2.46. The molecule has 1 aromatic rings. The van der Waals surface area contributed by atoms with Crippen molar-refractivity contribution in [3.63, 3.8) is 0 Å². The van der Waals surface area contributed by atoms with E-state index < -0.39 is 6.10 Å². The minimum absolute atomic E-state index is 0.426. The molecule has 0 amide bonds. The van der Waals surface area contributed by atoms with Crippen LogP contribution in [0.1, 0.15) is 25.5 Å². The van der Waals surface area contributed by atoms with Gasteiger partial charge in [-0.05, 0) is 31.2 Å². The van der Waals surface area contributed by atoms with Crippen molar-refractivity contribution in [1.82, 2.24) is 4.90 Å². The Kier molecular flexibility index (Phi) is 4.65. The molecule has 3 nitrogen and oxygen atoms in total. The molecule has 1 saturated heterocycles. The van der Waals surface area contributed by atoms with Crippen molar-refractivity contribution in [2.45, 2.75) is 20.0 Å². The van der Waals surface area contributed by atoms with E-state index in [9.17, 15) is 5.11 Å². The summed E-state index contributed by atoms with van der Waals surface area (Å²) in [7, 11) is 0. The summed E-state index contributed by atoms with van der Waals surface area (Å²) in [6.45, 7) is 9.56. The van der Waals surface area contributed by atoms with Crippen LogP contribution in [0.2, 0.25) is 0 Å². The largest absolute Gasteiger partial charge is 0.389 e. The monoisotopic (exact) mass is 312 g/mol. The van der Waals surface area contributed by atoms with Crippen LogP contribution in [-0.4, -0.2) is 42.7 Å². The van der Waals surface area contributed by atoms with Crippen LogP contribution in [0.5, 0.6) is 0 Å². The van der Waals surface area contributed by atoms with Crippen molar-refractivity contribution in [3.05, 3.63) is 28.2 Å². The maximum Gasteiger partial charge on any atom is 0.0772 e. The maximum absolute atomic E-state index is 9.62. The average molecular weight is 313 g/mol. The zero-order valence-electron chi connectivity index (χ0n) is 11.1. The number of hydrogen-bond acceptors (Lipinski definition) is 3. The summed E-state index contributed by atoms with van der Waals surface area (Å²) < 4.78 is 0.993. The summed E-state index contributed by atoms with van der Waals surface area (Å²) in [6, 6.07) is 6.23. The molecule has 1 N–H and O–H groups in total. The number of aliphatic hydroxyl groups excluding tert-OH is 1. The first-order valence-corrected chi connectivity index (χ1v) is 7.36. The van der Waals surface area contributed by atoms with E-state index in [2.05, 4.69) is 44.8 Å². The fraction of sp³-hybridized carbons (Fsp3) is 0.571. The molecule has 1 heterocycles. The van der Waals surface area contributed by atoms with E-state index in [1.165, 1.54) is 5.69 Å². The molecule has 1 fully saturated rings. The molecule has 2 rings (SSSR count). The lowest BCUT2D eigenvalue weighted by molar-refractivity contribution is 0.198. The average Bonchev–Trinajstić information content (AvgIpc) is 2.38. The van der Waals surface area contributed by atoms with Crippen molar-refractivity contribution in [2.24, 2.45) is 0 Å². The molecule has 1 aromatic carbocycles. The number of aliphatic hydroxyl groups is 1. The third-order valence-electron chi connectivity index (χ3n) is 3.62. The number of likely N-dealkylation sites (N-methyl/N-ethyl adjacent to an activating group) is 1. The minimum Gasteiger partial charge on any atom is -0.389 e. The summed E-state index contributed by atoms with van der Waals surface area (Å²) >= 11 is 3.54. The van der Waals surface area contributed by atoms with Gasteiger partial charge < -0.3 is 14.9 Å². The van der Waals surface area contributed by atoms with Crippen LogP contribution in [0.15, 0.2) is 22.7 Å². The smallest absolute Gasteiger partial charge is 0.0772 e. The molecule has 18 heavy (non-hydrogen) atoms. The van der Waals surface area contributed by atoms with Crippen molar-refractivity contribution in [2.75, 3.05) is 37.6 Å². The van der Waals surface area contributed by atoms with Crippen molar-refractivity contribution >= 4 is 21.6 Å². The molecule has 0 saturated carbocycles. The summed E-state index contributed by atoms with van der Waals surface area (Å²) in [4.78, 5) is 4.87. The Hall–Kier alpha value is -0.580. The Morgan fingerprint density at radius 3 is 2.44 bits per heavy atom. The third-order valence-corrected chi connectivity index (χ3v) is 4.31. The summed E-state index contributed by atoms with van der Waals surface area (Å²) in [6.07, 6.45) is -0.426. The Bertz CT molecular complexity index is 401. The molecule has 1 aliphatic rings. The Balaban J connectivity index is 2.08. The van der Waals surface area contributed by atoms with Gasteiger partial charge in [0.2, 0.25) is 0 Å². The van der Waals surface area contributed by atoms with E-state index in [0.29, 0.717) is 0 Å². The van der Waals surface area contributed by atoms with Crippen molar-refractivity contribution in [1.29, 1.82) is 0 Å². The highest BCUT2D eigenvalue weighted by Crippen LogP contribution is 2.28. The van der Waals surface area contributed by atoms with Crippen molar-refractivity contribution in [3.8, 4) is 0 Å². The number of hydrogen-bond donors (Lipinski definition) is 1. The summed E-state index contributed by atoms with van der Waals surface area (Å²) in [5, 5.41) is 9.62. The molecule has 100 valence electrons. The van der Waals surface area contributed by atoms with E-state index in [0.717, 1.165) is 42.8 Å². The van der Waals surface area contributed by atoms with E-state index in [1.807, 2.05) is 6.07 Å². The molecule has 1 atom stereocenters. The highest BCUT2D eigenvalue weighted by Gasteiger charge is 2.17. The molecule has 0 aromatic heterocycles. The number of piperazine rings is 1. The lowest BCUT2D eigenvalue weighted by Gasteiger charge is -2.35. The number of benzene rings is 1. The molecule has 0 radical (unpaired) electrons. The fourth-order valence-corrected chi connectivity index (χ4v) is 3.07. The predicted molar refractivity (Wildman–Crippen MR) is 79.1 cm³/mol. The van der Waals surface area contributed by atoms with Gasteiger partial charge in [-0.15, -0.1) is 0 Å². The molecular weight excluding hydrogens is 292 g/mol. The first-order valence-electron chi connectivity index (χ1n) is 6.56. The van der Waals surface area contributed by atoms with Gasteiger partial charge in [-0.2, -0.15) is 0 Å². The van der Waals surface area contributed by atoms with Crippen molar-refractivity contribution < 1.29 is 5.11 Å². The van der Waals surface area contributed by atoms with E-state index in [-0.39, 0.29) is 0 Å². The summed E-state index contributed by atoms with van der Waals surface area (Å²) in [5.74, 6) is 0. The molecule has 1 aliphatic heterocycles. The van der Waals surface area contributed by atoms with E-state index in [4.69, 9.17) is 0 Å². The van der Waals surface area contributed by atoms with Crippen LogP contribution >= 0.6 is 15.9 Å². The van der Waals surface area contributed by atoms with E-state index >= 15 is 0 Å². The van der Waals surface area contributed by atoms with Crippen LogP contribution in [0.4, 0.5) is 5.69 Å². The number of halogens is 1.